The number of nitrogen functional groups attached to an aromatic ring is 1. The molecule has 0 amide bonds. The Morgan fingerprint density at radius 1 is 0.767 bits per heavy atom. The predicted molar refractivity (Wildman–Crippen MR) is 285 cm³/mol. The smallest absolute Gasteiger partial charge is 0.790 e. The number of aromatic nitrogens is 4. The van der Waals surface area contributed by atoms with Gasteiger partial charge in [-0.1, -0.05) is 38.8 Å². The molecule has 1 aliphatic heterocycles. The molecule has 8 aliphatic carbocycles. The molecule has 2 aromatic heterocycles. The maximum absolute atomic E-state index is 12.8. The number of anilines is 1. The minimum Gasteiger partial charge on any atom is -0.790 e. The van der Waals surface area contributed by atoms with Crippen LogP contribution in [0.25, 0.3) is 11.2 Å². The number of hydrogen-bond donors (Lipinski definition) is 9. The zero-order valence-corrected chi connectivity index (χ0v) is 57.5. The molecule has 17 atom stereocenters. The number of aliphatic carboxylic acids is 2. The van der Waals surface area contributed by atoms with Crippen LogP contribution in [0.1, 0.15) is 143 Å². The average molecular weight is 1270 g/mol. The molecule has 9 aliphatic rings. The van der Waals surface area contributed by atoms with Crippen LogP contribution in [0.4, 0.5) is 5.82 Å². The van der Waals surface area contributed by atoms with Crippen molar-refractivity contribution in [3.05, 3.63) is 34.9 Å². The van der Waals surface area contributed by atoms with Crippen LogP contribution < -0.4 is 109 Å². The second kappa shape index (κ2) is 28.8. The molecule has 0 spiro atoms. The number of phosphoric acid groups is 1. The number of hydrogen-bond acceptors (Lipinski definition) is 23. The van der Waals surface area contributed by atoms with Crippen molar-refractivity contribution < 1.29 is 187 Å². The van der Waals surface area contributed by atoms with E-state index in [1.165, 1.54) is 11.9 Å². The van der Waals surface area contributed by atoms with Gasteiger partial charge in [-0.25, -0.2) is 4.98 Å². The van der Waals surface area contributed by atoms with Crippen LogP contribution in [0.2, 0.25) is 5.28 Å². The first-order chi connectivity index (χ1) is 38.7. The van der Waals surface area contributed by atoms with Gasteiger partial charge in [0.15, 0.2) is 34.6 Å². The first-order valence-electron chi connectivity index (χ1n) is 28.4. The number of allylic oxidation sites excluding steroid dienone is 2. The number of carboxylic acid groups (broad SMARTS) is 2. The number of carbonyl (C=O) groups excluding carboxylic acids is 5. The maximum atomic E-state index is 12.8. The van der Waals surface area contributed by atoms with E-state index in [1.807, 2.05) is 6.92 Å². The number of ketones is 4. The van der Waals surface area contributed by atoms with E-state index in [2.05, 4.69) is 33.3 Å². The fraction of sp³-hybridized carbons (Fsp3) is 0.732. The van der Waals surface area contributed by atoms with Gasteiger partial charge in [0, 0.05) is 36.1 Å². The molecule has 10 N–H and O–H groups in total. The summed E-state index contributed by atoms with van der Waals surface area (Å²) in [6.07, 6.45) is 9.57. The molecule has 86 heavy (non-hydrogen) atoms. The van der Waals surface area contributed by atoms with Crippen LogP contribution in [0.15, 0.2) is 29.6 Å². The summed E-state index contributed by atoms with van der Waals surface area (Å²) >= 11 is 5.77. The largest absolute Gasteiger partial charge is 1.00 e. The van der Waals surface area contributed by atoms with Gasteiger partial charge in [0.2, 0.25) is 5.28 Å². The molecule has 0 radical (unpaired) electrons. The third-order valence-electron chi connectivity index (χ3n) is 21.2. The zero-order chi connectivity index (χ0) is 61.2. The van der Waals surface area contributed by atoms with Gasteiger partial charge in [-0.15, -0.1) is 0 Å². The van der Waals surface area contributed by atoms with Crippen molar-refractivity contribution in [3.63, 3.8) is 0 Å². The van der Waals surface area contributed by atoms with Crippen molar-refractivity contribution >= 4 is 71.5 Å². The molecule has 6 saturated carbocycles. The number of aliphatic hydroxyl groups excluding tert-OH is 5. The van der Waals surface area contributed by atoms with Crippen molar-refractivity contribution in [1.82, 2.24) is 19.5 Å². The van der Waals surface area contributed by atoms with Crippen molar-refractivity contribution in [1.29, 1.82) is 0 Å². The fourth-order valence-corrected chi connectivity index (χ4v) is 17.5. The van der Waals surface area contributed by atoms with Gasteiger partial charge in [-0.3, -0.25) is 28.5 Å². The van der Waals surface area contributed by atoms with Crippen LogP contribution in [0.3, 0.4) is 0 Å². The van der Waals surface area contributed by atoms with Crippen LogP contribution >= 0.6 is 19.4 Å². The summed E-state index contributed by atoms with van der Waals surface area (Å²) in [5.41, 5.74) is 3.38. The van der Waals surface area contributed by atoms with E-state index < -0.39 is 104 Å². The van der Waals surface area contributed by atoms with Crippen LogP contribution in [0.5, 0.6) is 0 Å². The van der Waals surface area contributed by atoms with Crippen molar-refractivity contribution in [3.8, 4) is 0 Å². The summed E-state index contributed by atoms with van der Waals surface area (Å²) in [6.45, 7) is 6.13. The summed E-state index contributed by atoms with van der Waals surface area (Å²) in [5.74, 6) is -2.80. The van der Waals surface area contributed by atoms with Gasteiger partial charge in [-0.05, 0) is 154 Å². The Hall–Kier alpha value is -1.47. The van der Waals surface area contributed by atoms with Gasteiger partial charge in [-0.2, -0.15) is 9.97 Å². The number of nitrogens with two attached hydrogens (primary N) is 1. The van der Waals surface area contributed by atoms with E-state index in [0.717, 1.165) is 44.1 Å². The number of nitrogens with zero attached hydrogens (tertiary/aromatic N) is 4. The number of fused-ring (bicyclic) bond motifs is 11. The topological polar surface area (TPSA) is 439 Å². The number of aliphatic hydroxyl groups is 7. The summed E-state index contributed by atoms with van der Waals surface area (Å²) in [6, 6.07) is 0. The third-order valence-corrected chi connectivity index (χ3v) is 21.8. The van der Waals surface area contributed by atoms with Gasteiger partial charge < -0.3 is 80.1 Å². The molecule has 25 nitrogen and oxygen atoms in total. The maximum Gasteiger partial charge on any atom is 1.00 e. The Kier molecular flexibility index (Phi) is 25.2. The Balaban J connectivity index is 0.000000221. The number of carbonyl (C=O) groups is 6. The van der Waals surface area contributed by atoms with Gasteiger partial charge in [0.05, 0.1) is 45.5 Å². The van der Waals surface area contributed by atoms with Gasteiger partial charge in [0.1, 0.15) is 42.3 Å². The average Bonchev–Trinajstić information content (AvgIpc) is 1.39. The van der Waals surface area contributed by atoms with E-state index >= 15 is 0 Å². The van der Waals surface area contributed by atoms with E-state index in [1.54, 1.807) is 23.6 Å². The first-order valence-corrected chi connectivity index (χ1v) is 30.2. The number of halogens is 1. The Morgan fingerprint density at radius 2 is 1.26 bits per heavy atom. The Morgan fingerprint density at radius 3 is 1.67 bits per heavy atom. The second-order valence-electron chi connectivity index (χ2n) is 25.3. The molecule has 0 unspecified atom stereocenters. The molecular formula is C56H76ClN5Na3O20P. The molecule has 2 aromatic rings. The van der Waals surface area contributed by atoms with E-state index in [4.69, 9.17) is 32.3 Å². The Bertz CT molecular complexity index is 3000. The number of Topliss-reactive ketones (excluding diaryl/α,β-unsaturated/α-hetero) is 2. The number of carboxylic acids is 2. The second-order valence-corrected chi connectivity index (χ2v) is 26.8. The van der Waals surface area contributed by atoms with Crippen LogP contribution in [-0.4, -0.2) is 151 Å². The van der Waals surface area contributed by atoms with Crippen molar-refractivity contribution in [2.45, 2.75) is 179 Å². The minimum atomic E-state index is -5.33. The van der Waals surface area contributed by atoms with Crippen LogP contribution in [-0.2, 0) is 42.6 Å². The number of ether oxygens (including phenoxy) is 1. The fourth-order valence-electron chi connectivity index (χ4n) is 17.1. The van der Waals surface area contributed by atoms with Gasteiger partial charge >= 0.3 is 94.6 Å². The molecule has 3 heterocycles. The summed E-state index contributed by atoms with van der Waals surface area (Å²) in [7, 11) is -5.33. The summed E-state index contributed by atoms with van der Waals surface area (Å²) in [4.78, 5) is 102. The monoisotopic (exact) mass is 1270 g/mol. The number of rotatable bonds is 11. The SMILES string of the molecule is C[C@]12CCC(=O)C=C1CC[C@@H]1[C@@H]2[C@@H](O)C[C@@]2(C)[C@H]1CC[C@]2(O)C(=O)CO.C[C@]12CCC(=O)C=C1CC[C@@H]1[C@@H]2[C@@H](O)C[C@@]2(C)[C@H]1CC[C@]2(O)C(=O)COP(=O)([O-])[O-].Nc1nc(Cl)nc2c1ncn2[C@H]1C[C@H](O)[C@@H](CO)O1.O=C([O-])CCC(=O)O.[Na+].[Na+].[Na+]. The molecule has 7 fully saturated rings. The molecule has 460 valence electrons. The van der Waals surface area contributed by atoms with Gasteiger partial charge in [0.25, 0.3) is 0 Å². The molecule has 0 aromatic carbocycles. The van der Waals surface area contributed by atoms with E-state index in [0.29, 0.717) is 56.1 Å². The Labute approximate surface area is 569 Å². The standard InChI is InChI=1S/C21H31O8P.C21H30O5.C10H12ClN5O3.C4H6O4.3Na/c1-19-7-5-13(22)9-12(19)3-4-14-15-6-8-21(25,17(24)11-29-30(26,27)28)20(15,2)10-16(23)18(14)19;1-19-7-5-13(23)9-12(19)3-4-14-15-6-8-21(26,17(25)11-22)20(15,2)10-16(24)18(14)19;11-10-14-8(12)7-9(15-10)16(3-13-7)6-1-4(18)5(2-17)19-6;5-3(6)1-2-4(7)8;;;/h9,14-16,18,23,25H,3-8,10-11H2,1-2H3,(H2,26,27,28);9,14-16,18,22,24,26H,3-8,10-11H2,1-2H3;3-6,17-18H,1-2H2,(H2,12,14,15);1-2H2,(H,5,6)(H,7,8);;;/q;;;;3*+1/p-3/t2*14-,15-,16-,18+,19-,20-,21-;4-,5+,6+;;;;/m000..../s1. The van der Waals surface area contributed by atoms with Crippen molar-refractivity contribution in [2.24, 2.45) is 57.2 Å². The predicted octanol–water partition coefficient (Wildman–Crippen LogP) is -8.27. The van der Waals surface area contributed by atoms with Crippen LogP contribution in [0, 0.1) is 57.2 Å². The molecule has 0 bridgehead atoms. The first kappa shape index (κ1) is 75.3. The molecule has 30 heteroatoms. The summed E-state index contributed by atoms with van der Waals surface area (Å²) in [5, 5.41) is 90.6. The number of imidazole rings is 1. The van der Waals surface area contributed by atoms with E-state index in [-0.39, 0.29) is 184 Å². The quantitative estimate of drug-likeness (QED) is 0.0573. The molecular weight excluding hydrogens is 1200 g/mol. The molecule has 1 saturated heterocycles. The minimum absolute atomic E-state index is 0. The molecule has 11 rings (SSSR count). The third kappa shape index (κ3) is 14.2. The van der Waals surface area contributed by atoms with E-state index in [9.17, 15) is 78.9 Å². The summed E-state index contributed by atoms with van der Waals surface area (Å²) < 4.78 is 22.1. The number of phosphoric ester groups is 1. The zero-order valence-electron chi connectivity index (χ0n) is 49.9. The normalized spacial score (nSPS) is 38.1. The van der Waals surface area contributed by atoms with Crippen molar-refractivity contribution in [2.75, 3.05) is 25.6 Å².